The van der Waals surface area contributed by atoms with E-state index in [0.717, 1.165) is 12.1 Å². The number of hydrogen-bond donors (Lipinski definition) is 3. The van der Waals surface area contributed by atoms with Gasteiger partial charge >= 0.3 is 6.18 Å². The Labute approximate surface area is 157 Å². The summed E-state index contributed by atoms with van der Waals surface area (Å²) in [5.74, 6) is -1.38. The van der Waals surface area contributed by atoms with Gasteiger partial charge < -0.3 is 19.9 Å². The van der Waals surface area contributed by atoms with Crippen LogP contribution in [-0.4, -0.2) is 27.6 Å². The highest BCUT2D eigenvalue weighted by molar-refractivity contribution is 5.98. The molecular formula is C19H15F3N2O4. The van der Waals surface area contributed by atoms with E-state index >= 15 is 0 Å². The molecule has 1 heterocycles. The molecule has 28 heavy (non-hydrogen) atoms. The number of nitrogens with one attached hydrogen (secondary N) is 1. The number of aromatic nitrogens is 1. The van der Waals surface area contributed by atoms with E-state index in [1.807, 2.05) is 0 Å². The van der Waals surface area contributed by atoms with Gasteiger partial charge in [0, 0.05) is 17.7 Å². The van der Waals surface area contributed by atoms with Crippen molar-refractivity contribution >= 4 is 5.91 Å². The summed E-state index contributed by atoms with van der Waals surface area (Å²) in [6, 6.07) is 7.97. The molecule has 0 unspecified atom stereocenters. The first-order valence-electron chi connectivity index (χ1n) is 8.19. The van der Waals surface area contributed by atoms with E-state index in [9.17, 15) is 28.2 Å². The van der Waals surface area contributed by atoms with Gasteiger partial charge in [0.2, 0.25) is 5.89 Å². The number of rotatable bonds is 4. The predicted molar refractivity (Wildman–Crippen MR) is 93.7 cm³/mol. The Kier molecular flexibility index (Phi) is 5.00. The molecule has 0 radical (unpaired) electrons. The van der Waals surface area contributed by atoms with Crippen LogP contribution in [0.2, 0.25) is 0 Å². The molecule has 3 N–H and O–H groups in total. The average Bonchev–Trinajstić information content (AvgIpc) is 3.09. The summed E-state index contributed by atoms with van der Waals surface area (Å²) in [4.78, 5) is 16.4. The Balaban J connectivity index is 2.08. The Hall–Kier alpha value is -3.49. The molecule has 0 fully saturated rings. The van der Waals surface area contributed by atoms with Crippen molar-refractivity contribution in [3.8, 4) is 34.3 Å². The van der Waals surface area contributed by atoms with Gasteiger partial charge in [-0.3, -0.25) is 4.79 Å². The minimum atomic E-state index is -4.48. The van der Waals surface area contributed by atoms with Crippen LogP contribution in [0.3, 0.4) is 0 Å². The Morgan fingerprint density at radius 3 is 2.29 bits per heavy atom. The molecular weight excluding hydrogens is 377 g/mol. The number of carbonyl (C=O) groups excluding carboxylic acids is 1. The lowest BCUT2D eigenvalue weighted by Gasteiger charge is -2.06. The van der Waals surface area contributed by atoms with E-state index in [4.69, 9.17) is 4.42 Å². The maximum absolute atomic E-state index is 12.7. The van der Waals surface area contributed by atoms with Crippen molar-refractivity contribution in [2.45, 2.75) is 13.1 Å². The molecule has 0 saturated heterocycles. The fourth-order valence-electron chi connectivity index (χ4n) is 2.50. The molecule has 3 rings (SSSR count). The number of oxazole rings is 1. The molecule has 3 aromatic rings. The topological polar surface area (TPSA) is 95.6 Å². The second-order valence-electron chi connectivity index (χ2n) is 5.83. The zero-order valence-corrected chi connectivity index (χ0v) is 14.5. The summed E-state index contributed by atoms with van der Waals surface area (Å²) in [5, 5.41) is 21.7. The lowest BCUT2D eigenvalue weighted by atomic mass is 10.1. The summed E-state index contributed by atoms with van der Waals surface area (Å²) >= 11 is 0. The fourth-order valence-corrected chi connectivity index (χ4v) is 2.50. The second-order valence-corrected chi connectivity index (χ2v) is 5.83. The van der Waals surface area contributed by atoms with Gasteiger partial charge in [0.05, 0.1) is 5.56 Å². The molecule has 0 spiro atoms. The first-order valence-corrected chi connectivity index (χ1v) is 8.19. The third-order valence-electron chi connectivity index (χ3n) is 3.88. The number of phenols is 2. The number of amides is 1. The summed E-state index contributed by atoms with van der Waals surface area (Å²) in [6.07, 6.45) is -4.48. The van der Waals surface area contributed by atoms with E-state index in [2.05, 4.69) is 10.3 Å². The van der Waals surface area contributed by atoms with Crippen molar-refractivity contribution in [3.63, 3.8) is 0 Å². The normalized spacial score (nSPS) is 11.4. The van der Waals surface area contributed by atoms with Gasteiger partial charge in [-0.05, 0) is 49.4 Å². The van der Waals surface area contributed by atoms with Crippen LogP contribution >= 0.6 is 0 Å². The molecule has 0 bridgehead atoms. The van der Waals surface area contributed by atoms with Gasteiger partial charge in [0.1, 0.15) is 0 Å². The van der Waals surface area contributed by atoms with Crippen molar-refractivity contribution in [3.05, 3.63) is 53.7 Å². The SMILES string of the molecule is CCNC(=O)c1nc(-c2ccc(C(F)(F)F)cc2)oc1-c1ccc(O)c(O)c1. The van der Waals surface area contributed by atoms with Gasteiger partial charge in [-0.15, -0.1) is 0 Å². The third-order valence-corrected chi connectivity index (χ3v) is 3.88. The number of alkyl halides is 3. The van der Waals surface area contributed by atoms with Crippen LogP contribution in [0.15, 0.2) is 46.9 Å². The number of nitrogens with zero attached hydrogens (tertiary/aromatic N) is 1. The quantitative estimate of drug-likeness (QED) is 0.579. The number of phenolic OH excluding ortho intramolecular Hbond substituents is 2. The summed E-state index contributed by atoms with van der Waals surface area (Å²) in [7, 11) is 0. The summed E-state index contributed by atoms with van der Waals surface area (Å²) < 4.78 is 43.8. The van der Waals surface area contributed by atoms with Crippen molar-refractivity contribution in [2.75, 3.05) is 6.54 Å². The van der Waals surface area contributed by atoms with Gasteiger partial charge in [0.15, 0.2) is 23.0 Å². The van der Waals surface area contributed by atoms with Crippen molar-refractivity contribution in [1.29, 1.82) is 0 Å². The molecule has 0 aliphatic rings. The van der Waals surface area contributed by atoms with Crippen LogP contribution in [0.5, 0.6) is 11.5 Å². The van der Waals surface area contributed by atoms with Gasteiger partial charge in [-0.2, -0.15) is 13.2 Å². The number of benzene rings is 2. The first-order chi connectivity index (χ1) is 13.2. The van der Waals surface area contributed by atoms with E-state index in [1.165, 1.54) is 30.3 Å². The van der Waals surface area contributed by atoms with Crippen LogP contribution < -0.4 is 5.32 Å². The lowest BCUT2D eigenvalue weighted by Crippen LogP contribution is -2.23. The van der Waals surface area contributed by atoms with E-state index in [0.29, 0.717) is 6.54 Å². The molecule has 0 aliphatic heterocycles. The molecule has 1 amide bonds. The second kappa shape index (κ2) is 7.26. The lowest BCUT2D eigenvalue weighted by molar-refractivity contribution is -0.137. The Morgan fingerprint density at radius 2 is 1.71 bits per heavy atom. The molecule has 6 nitrogen and oxygen atoms in total. The monoisotopic (exact) mass is 392 g/mol. The highest BCUT2D eigenvalue weighted by Crippen LogP contribution is 2.36. The zero-order valence-electron chi connectivity index (χ0n) is 14.5. The predicted octanol–water partition coefficient (Wildman–Crippen LogP) is 4.19. The molecule has 0 saturated carbocycles. The largest absolute Gasteiger partial charge is 0.504 e. The molecule has 0 atom stereocenters. The van der Waals surface area contributed by atoms with E-state index in [1.54, 1.807) is 6.92 Å². The van der Waals surface area contributed by atoms with Crippen molar-refractivity contribution < 1.29 is 32.6 Å². The van der Waals surface area contributed by atoms with Crippen LogP contribution in [-0.2, 0) is 6.18 Å². The summed E-state index contributed by atoms with van der Waals surface area (Å²) in [6.45, 7) is 2.03. The van der Waals surface area contributed by atoms with E-state index < -0.39 is 23.4 Å². The summed E-state index contributed by atoms with van der Waals surface area (Å²) in [5.41, 5.74) is -0.410. The molecule has 1 aromatic heterocycles. The molecule has 0 aliphatic carbocycles. The molecule has 9 heteroatoms. The minimum Gasteiger partial charge on any atom is -0.504 e. The smallest absolute Gasteiger partial charge is 0.416 e. The Bertz CT molecular complexity index is 1010. The Morgan fingerprint density at radius 1 is 1.07 bits per heavy atom. The van der Waals surface area contributed by atoms with Crippen LogP contribution in [0.4, 0.5) is 13.2 Å². The first kappa shape index (κ1) is 19.3. The van der Waals surface area contributed by atoms with Gasteiger partial charge in [0.25, 0.3) is 5.91 Å². The van der Waals surface area contributed by atoms with E-state index in [-0.39, 0.29) is 34.2 Å². The molecule has 146 valence electrons. The van der Waals surface area contributed by atoms with Crippen molar-refractivity contribution in [2.24, 2.45) is 0 Å². The van der Waals surface area contributed by atoms with Crippen LogP contribution in [0, 0.1) is 0 Å². The molecule has 2 aromatic carbocycles. The number of aromatic hydroxyl groups is 2. The number of hydrogen-bond acceptors (Lipinski definition) is 5. The third kappa shape index (κ3) is 3.78. The van der Waals surface area contributed by atoms with Crippen molar-refractivity contribution in [1.82, 2.24) is 10.3 Å². The number of carbonyl (C=O) groups is 1. The van der Waals surface area contributed by atoms with Gasteiger partial charge in [-0.1, -0.05) is 0 Å². The fraction of sp³-hybridized carbons (Fsp3) is 0.158. The minimum absolute atomic E-state index is 0.0103. The van der Waals surface area contributed by atoms with Crippen LogP contribution in [0.25, 0.3) is 22.8 Å². The average molecular weight is 392 g/mol. The maximum atomic E-state index is 12.7. The van der Waals surface area contributed by atoms with Crippen LogP contribution in [0.1, 0.15) is 23.0 Å². The number of halogens is 3. The maximum Gasteiger partial charge on any atom is 0.416 e. The highest BCUT2D eigenvalue weighted by atomic mass is 19.4. The standard InChI is InChI=1S/C19H15F3N2O4/c1-2-23-17(27)15-16(11-5-8-13(25)14(26)9-11)28-18(24-15)10-3-6-12(7-4-10)19(20,21)22/h3-9,25-26H,2H2,1H3,(H,23,27). The highest BCUT2D eigenvalue weighted by Gasteiger charge is 2.30. The van der Waals surface area contributed by atoms with Gasteiger partial charge in [-0.25, -0.2) is 4.98 Å². The zero-order chi connectivity index (χ0) is 20.5.